The highest BCUT2D eigenvalue weighted by molar-refractivity contribution is 5.98. The molecule has 2 fully saturated rings. The lowest BCUT2D eigenvalue weighted by Gasteiger charge is -2.35. The summed E-state index contributed by atoms with van der Waals surface area (Å²) in [7, 11) is 0. The average Bonchev–Trinajstić information content (AvgIpc) is 3.10. The molecule has 1 aromatic heterocycles. The molecule has 0 saturated carbocycles. The summed E-state index contributed by atoms with van der Waals surface area (Å²) in [6.07, 6.45) is 1.10. The van der Waals surface area contributed by atoms with Gasteiger partial charge in [0.05, 0.1) is 19.8 Å². The van der Waals surface area contributed by atoms with Crippen LogP contribution in [0.15, 0.2) is 30.5 Å². The third-order valence-corrected chi connectivity index (χ3v) is 5.00. The zero-order valence-corrected chi connectivity index (χ0v) is 16.0. The normalized spacial score (nSPS) is 19.3. The fraction of sp³-hybridized carbons (Fsp3) is 0.368. The van der Waals surface area contributed by atoms with Crippen molar-refractivity contribution < 1.29 is 23.5 Å². The molecular weight excluding hydrogens is 395 g/mol. The first-order chi connectivity index (χ1) is 14.4. The number of aromatic nitrogens is 2. The van der Waals surface area contributed by atoms with Crippen LogP contribution in [-0.2, 0) is 9.47 Å². The fourth-order valence-electron chi connectivity index (χ4n) is 3.23. The largest absolute Gasteiger partial charge is 0.441 e. The maximum Gasteiger partial charge on any atom is 0.410 e. The maximum atomic E-state index is 13.1. The van der Waals surface area contributed by atoms with E-state index in [0.29, 0.717) is 37.6 Å². The third kappa shape index (κ3) is 4.10. The topological polar surface area (TPSA) is 136 Å². The maximum absolute atomic E-state index is 13.1. The van der Waals surface area contributed by atoms with Crippen molar-refractivity contribution in [3.63, 3.8) is 0 Å². The van der Waals surface area contributed by atoms with Crippen LogP contribution >= 0.6 is 0 Å². The van der Waals surface area contributed by atoms with Gasteiger partial charge in [0.25, 0.3) is 5.91 Å². The summed E-state index contributed by atoms with van der Waals surface area (Å²) >= 11 is 0. The highest BCUT2D eigenvalue weighted by Gasteiger charge is 2.33. The van der Waals surface area contributed by atoms with E-state index in [0.717, 1.165) is 0 Å². The van der Waals surface area contributed by atoms with Crippen LogP contribution in [-0.4, -0.2) is 64.8 Å². The molecule has 2 amide bonds. The number of halogens is 1. The number of piperidine rings is 1. The van der Waals surface area contributed by atoms with E-state index in [4.69, 9.17) is 20.6 Å². The van der Waals surface area contributed by atoms with E-state index in [1.165, 1.54) is 40.0 Å². The summed E-state index contributed by atoms with van der Waals surface area (Å²) in [4.78, 5) is 25.8. The Balaban J connectivity index is 1.53. The van der Waals surface area contributed by atoms with Gasteiger partial charge in [-0.25, -0.2) is 9.18 Å². The van der Waals surface area contributed by atoms with Gasteiger partial charge in [0, 0.05) is 30.6 Å². The van der Waals surface area contributed by atoms with Crippen molar-refractivity contribution in [1.29, 1.82) is 5.41 Å². The Morgan fingerprint density at radius 1 is 1.30 bits per heavy atom. The number of rotatable bonds is 5. The molecule has 2 aliphatic rings. The first-order valence-electron chi connectivity index (χ1n) is 9.43. The number of primary amides is 1. The summed E-state index contributed by atoms with van der Waals surface area (Å²) in [5.74, 6) is -0.903. The second kappa shape index (κ2) is 8.11. The monoisotopic (exact) mass is 416 g/mol. The molecule has 1 atom stereocenters. The molecule has 1 aromatic carbocycles. The van der Waals surface area contributed by atoms with Crippen molar-refractivity contribution in [2.45, 2.75) is 18.6 Å². The van der Waals surface area contributed by atoms with Crippen LogP contribution in [0, 0.1) is 11.2 Å². The lowest BCUT2D eigenvalue weighted by atomic mass is 10.0. The SMILES string of the molecule is N=C1CCN(C(=O)OC2COC2)C[C@H]1n1cc(C(N)=O)c(Nc2ccc(F)cc2)n1. The van der Waals surface area contributed by atoms with Crippen molar-refractivity contribution in [3.8, 4) is 0 Å². The zero-order valence-electron chi connectivity index (χ0n) is 16.0. The summed E-state index contributed by atoms with van der Waals surface area (Å²) in [6.45, 7) is 1.32. The molecule has 2 aliphatic heterocycles. The molecule has 11 heteroatoms. The number of nitrogens with two attached hydrogens (primary N) is 1. The molecule has 0 bridgehead atoms. The van der Waals surface area contributed by atoms with E-state index in [1.807, 2.05) is 0 Å². The molecule has 2 aromatic rings. The standard InChI is InChI=1S/C19H21FN6O4/c20-11-1-3-12(4-2-11)23-18-14(17(22)27)7-26(24-18)16-8-25(6-5-15(16)21)19(28)30-13-9-29-10-13/h1-4,7,13,16,21H,5-6,8-10H2,(H2,22,27)(H,23,24)/t16-/m1/s1. The van der Waals surface area contributed by atoms with Gasteiger partial charge in [-0.2, -0.15) is 5.10 Å². The highest BCUT2D eigenvalue weighted by Crippen LogP contribution is 2.25. The zero-order chi connectivity index (χ0) is 21.3. The van der Waals surface area contributed by atoms with E-state index in [1.54, 1.807) is 0 Å². The number of hydrogen-bond donors (Lipinski definition) is 3. The number of nitrogens with one attached hydrogen (secondary N) is 2. The molecule has 10 nitrogen and oxygen atoms in total. The number of hydrogen-bond acceptors (Lipinski definition) is 7. The minimum Gasteiger partial charge on any atom is -0.441 e. The van der Waals surface area contributed by atoms with Crippen LogP contribution in [0.2, 0.25) is 0 Å². The molecule has 30 heavy (non-hydrogen) atoms. The minimum absolute atomic E-state index is 0.124. The van der Waals surface area contributed by atoms with Gasteiger partial charge in [0.1, 0.15) is 17.4 Å². The molecule has 0 aliphatic carbocycles. The van der Waals surface area contributed by atoms with Crippen LogP contribution in [0.1, 0.15) is 22.8 Å². The Morgan fingerprint density at radius 2 is 2.03 bits per heavy atom. The van der Waals surface area contributed by atoms with Gasteiger partial charge in [0.2, 0.25) is 0 Å². The smallest absolute Gasteiger partial charge is 0.410 e. The van der Waals surface area contributed by atoms with Gasteiger partial charge in [-0.1, -0.05) is 0 Å². The summed E-state index contributed by atoms with van der Waals surface area (Å²) in [6, 6.07) is 4.99. The number of anilines is 2. The molecule has 158 valence electrons. The highest BCUT2D eigenvalue weighted by atomic mass is 19.1. The van der Waals surface area contributed by atoms with Crippen LogP contribution in [0.3, 0.4) is 0 Å². The summed E-state index contributed by atoms with van der Waals surface area (Å²) < 4.78 is 24.9. The fourth-order valence-corrected chi connectivity index (χ4v) is 3.23. The van der Waals surface area contributed by atoms with Gasteiger partial charge in [-0.3, -0.25) is 9.48 Å². The van der Waals surface area contributed by atoms with Gasteiger partial charge in [-0.05, 0) is 24.3 Å². The first-order valence-corrected chi connectivity index (χ1v) is 9.43. The molecule has 0 unspecified atom stereocenters. The van der Waals surface area contributed by atoms with E-state index in [-0.39, 0.29) is 24.0 Å². The average molecular weight is 416 g/mol. The number of benzene rings is 1. The Morgan fingerprint density at radius 3 is 2.67 bits per heavy atom. The van der Waals surface area contributed by atoms with Crippen molar-refractivity contribution in [1.82, 2.24) is 14.7 Å². The predicted octanol–water partition coefficient (Wildman–Crippen LogP) is 1.67. The van der Waals surface area contributed by atoms with Gasteiger partial charge in [0.15, 0.2) is 11.9 Å². The second-order valence-electron chi connectivity index (χ2n) is 7.15. The molecular formula is C19H21FN6O4. The van der Waals surface area contributed by atoms with Gasteiger partial charge >= 0.3 is 6.09 Å². The molecule has 0 radical (unpaired) electrons. The van der Waals surface area contributed by atoms with Gasteiger partial charge in [-0.15, -0.1) is 0 Å². The summed E-state index contributed by atoms with van der Waals surface area (Å²) in [5.41, 5.74) is 6.50. The van der Waals surface area contributed by atoms with Crippen molar-refractivity contribution in [2.24, 2.45) is 5.73 Å². The van der Waals surface area contributed by atoms with Crippen LogP contribution in [0.5, 0.6) is 0 Å². The molecule has 4 N–H and O–H groups in total. The Hall–Kier alpha value is -3.47. The third-order valence-electron chi connectivity index (χ3n) is 5.00. The van der Waals surface area contributed by atoms with Crippen molar-refractivity contribution in [2.75, 3.05) is 31.6 Å². The molecule has 2 saturated heterocycles. The molecule has 4 rings (SSSR count). The molecule has 3 heterocycles. The Bertz CT molecular complexity index is 972. The van der Waals surface area contributed by atoms with Crippen molar-refractivity contribution in [3.05, 3.63) is 41.8 Å². The minimum atomic E-state index is -0.700. The number of likely N-dealkylation sites (tertiary alicyclic amines) is 1. The predicted molar refractivity (Wildman–Crippen MR) is 104 cm³/mol. The lowest BCUT2D eigenvalue weighted by molar-refractivity contribution is -0.105. The number of amides is 2. The quantitative estimate of drug-likeness (QED) is 0.678. The second-order valence-corrected chi connectivity index (χ2v) is 7.15. The van der Waals surface area contributed by atoms with Gasteiger partial charge < -0.3 is 30.8 Å². The lowest BCUT2D eigenvalue weighted by Crippen LogP contribution is -2.48. The van der Waals surface area contributed by atoms with Crippen LogP contribution in [0.4, 0.5) is 20.7 Å². The number of ether oxygens (including phenoxy) is 2. The Labute approximate surface area is 171 Å². The summed E-state index contributed by atoms with van der Waals surface area (Å²) in [5, 5.41) is 15.6. The first kappa shape index (κ1) is 19.8. The van der Waals surface area contributed by atoms with E-state index >= 15 is 0 Å². The Kier molecular flexibility index (Phi) is 5.36. The number of carbonyl (C=O) groups excluding carboxylic acids is 2. The van der Waals surface area contributed by atoms with Crippen LogP contribution in [0.25, 0.3) is 0 Å². The molecule has 0 spiro atoms. The number of nitrogens with zero attached hydrogens (tertiary/aromatic N) is 3. The van der Waals surface area contributed by atoms with E-state index < -0.39 is 23.9 Å². The van der Waals surface area contributed by atoms with Crippen LogP contribution < -0.4 is 11.1 Å². The number of carbonyl (C=O) groups is 2. The van der Waals surface area contributed by atoms with Crippen molar-refractivity contribution >= 4 is 29.2 Å². The van der Waals surface area contributed by atoms with E-state index in [2.05, 4.69) is 10.4 Å². The van der Waals surface area contributed by atoms with E-state index in [9.17, 15) is 14.0 Å².